The summed E-state index contributed by atoms with van der Waals surface area (Å²) >= 11 is 1.11. The number of aliphatic hydroxyl groups excluding tert-OH is 1. The van der Waals surface area contributed by atoms with Crippen molar-refractivity contribution in [1.29, 1.82) is 0 Å². The first kappa shape index (κ1) is 33.6. The van der Waals surface area contributed by atoms with Crippen LogP contribution in [0.4, 0.5) is 17.6 Å². The van der Waals surface area contributed by atoms with E-state index in [1.165, 1.54) is 16.4 Å². The number of nitrogens with zero attached hydrogens (tertiary/aromatic N) is 5. The van der Waals surface area contributed by atoms with Crippen molar-refractivity contribution >= 4 is 21.8 Å². The minimum absolute atomic E-state index is 0.0671. The Labute approximate surface area is 261 Å². The molecule has 1 N–H and O–H groups in total. The molecule has 246 valence electrons. The Bertz CT molecular complexity index is 1390. The summed E-state index contributed by atoms with van der Waals surface area (Å²) in [5, 5.41) is 15.8. The molecule has 1 aromatic heterocycles. The predicted molar refractivity (Wildman–Crippen MR) is 164 cm³/mol. The van der Waals surface area contributed by atoms with E-state index in [0.717, 1.165) is 55.7 Å². The molecule has 1 aromatic carbocycles. The van der Waals surface area contributed by atoms with Gasteiger partial charge >= 0.3 is 6.18 Å². The number of rotatable bonds is 10. The maximum Gasteiger partial charge on any atom is 0.417 e. The molecule has 2 fully saturated rings. The molecule has 0 bridgehead atoms. The second-order valence-corrected chi connectivity index (χ2v) is 15.6. The van der Waals surface area contributed by atoms with E-state index < -0.39 is 34.0 Å². The van der Waals surface area contributed by atoms with Gasteiger partial charge in [0, 0.05) is 73.2 Å². The summed E-state index contributed by atoms with van der Waals surface area (Å²) in [5.74, 6) is 1.09. The van der Waals surface area contributed by atoms with Crippen LogP contribution in [-0.4, -0.2) is 108 Å². The lowest BCUT2D eigenvalue weighted by atomic mass is 9.99. The summed E-state index contributed by atoms with van der Waals surface area (Å²) in [6.45, 7) is 6.86. The topological polar surface area (TPSA) is 81.9 Å². The Hall–Kier alpha value is -1.71. The van der Waals surface area contributed by atoms with Crippen LogP contribution >= 0.6 is 11.8 Å². The lowest BCUT2D eigenvalue weighted by Crippen LogP contribution is -2.40. The van der Waals surface area contributed by atoms with Gasteiger partial charge in [0.05, 0.1) is 30.2 Å². The Kier molecular flexibility index (Phi) is 10.7. The number of fused-ring (bicyclic) bond motifs is 1. The summed E-state index contributed by atoms with van der Waals surface area (Å²) in [4.78, 5) is 4.40. The van der Waals surface area contributed by atoms with Crippen LogP contribution in [0.3, 0.4) is 0 Å². The van der Waals surface area contributed by atoms with Crippen molar-refractivity contribution in [1.82, 2.24) is 23.9 Å². The second-order valence-electron chi connectivity index (χ2n) is 12.5. The molecule has 8 nitrogen and oxygen atoms in total. The van der Waals surface area contributed by atoms with E-state index in [2.05, 4.69) is 16.7 Å². The van der Waals surface area contributed by atoms with E-state index >= 15 is 0 Å². The molecule has 44 heavy (non-hydrogen) atoms. The number of hydrogen-bond acceptors (Lipinski definition) is 7. The molecule has 0 spiro atoms. The summed E-state index contributed by atoms with van der Waals surface area (Å²) in [5.41, 5.74) is 1.64. The average molecular weight is 662 g/mol. The quantitative estimate of drug-likeness (QED) is 0.297. The van der Waals surface area contributed by atoms with Crippen LogP contribution in [0.25, 0.3) is 11.3 Å². The van der Waals surface area contributed by atoms with Crippen LogP contribution in [0.1, 0.15) is 49.4 Å². The van der Waals surface area contributed by atoms with Crippen molar-refractivity contribution < 1.29 is 31.1 Å². The van der Waals surface area contributed by atoms with E-state index in [1.54, 1.807) is 4.68 Å². The number of β-amino-alcohol motifs (C(OH)–C–C–N with tert-alkyl or cyclic N) is 1. The third-order valence-corrected chi connectivity index (χ3v) is 11.3. The molecule has 4 heterocycles. The molecule has 3 aliphatic heterocycles. The van der Waals surface area contributed by atoms with Crippen molar-refractivity contribution in [2.75, 3.05) is 57.8 Å². The fourth-order valence-corrected chi connectivity index (χ4v) is 8.27. The van der Waals surface area contributed by atoms with Gasteiger partial charge in [0.1, 0.15) is 6.17 Å². The Morgan fingerprint density at radius 2 is 1.73 bits per heavy atom. The third kappa shape index (κ3) is 8.35. The van der Waals surface area contributed by atoms with Crippen LogP contribution < -0.4 is 0 Å². The van der Waals surface area contributed by atoms with Gasteiger partial charge in [-0.2, -0.15) is 22.6 Å². The number of sulfonamides is 1. The van der Waals surface area contributed by atoms with Gasteiger partial charge in [0.25, 0.3) is 0 Å². The first-order valence-corrected chi connectivity index (χ1v) is 18.3. The summed E-state index contributed by atoms with van der Waals surface area (Å²) in [7, 11) is -3.51. The van der Waals surface area contributed by atoms with Gasteiger partial charge in [-0.25, -0.2) is 12.8 Å². The lowest BCUT2D eigenvalue weighted by Gasteiger charge is -2.32. The maximum atomic E-state index is 14.0. The molecular formula is C30H43F4N5O3S2. The molecule has 0 radical (unpaired) electrons. The highest BCUT2D eigenvalue weighted by Crippen LogP contribution is 2.40. The van der Waals surface area contributed by atoms with Crippen molar-refractivity contribution in [3.05, 3.63) is 35.0 Å². The molecule has 0 aliphatic carbocycles. The largest absolute Gasteiger partial charge is 0.417 e. The summed E-state index contributed by atoms with van der Waals surface area (Å²) in [6.07, 6.45) is -1.47. The SMILES string of the molecule is CC1CCN(CC(O)Cn2nc(-c3ccc(C(F)(F)F)c(SCCN4CCC(F)CC4)c3)c3c2CCN(S(C)(=O)=O)C3)CC1. The Morgan fingerprint density at radius 3 is 2.39 bits per heavy atom. The van der Waals surface area contributed by atoms with Gasteiger partial charge < -0.3 is 14.9 Å². The third-order valence-electron chi connectivity index (χ3n) is 9.04. The van der Waals surface area contributed by atoms with Crippen LogP contribution in [0.2, 0.25) is 0 Å². The maximum absolute atomic E-state index is 14.0. The number of benzene rings is 1. The van der Waals surface area contributed by atoms with Crippen LogP contribution in [-0.2, 0) is 35.7 Å². The van der Waals surface area contributed by atoms with Crippen molar-refractivity contribution in [3.63, 3.8) is 0 Å². The second kappa shape index (κ2) is 14.0. The highest BCUT2D eigenvalue weighted by atomic mass is 32.2. The normalized spacial score (nSPS) is 21.1. The first-order valence-electron chi connectivity index (χ1n) is 15.4. The smallest absolute Gasteiger partial charge is 0.390 e. The fourth-order valence-electron chi connectivity index (χ4n) is 6.37. The standard InChI is InChI=1S/C30H43F4N5O3S2/c1-21-5-10-37(11-6-21)18-24(40)19-39-27-9-14-38(44(2,41)42)20-25(27)29(35-39)22-3-4-26(30(32,33)34)28(17-22)43-16-15-36-12-7-23(31)8-13-36/h3-4,17,21,23-24,40H,5-16,18-20H2,1-2H3. The number of piperidine rings is 2. The van der Waals surface area contributed by atoms with E-state index in [0.29, 0.717) is 73.9 Å². The highest BCUT2D eigenvalue weighted by Gasteiger charge is 2.35. The minimum atomic E-state index is -4.55. The Balaban J connectivity index is 1.41. The summed E-state index contributed by atoms with van der Waals surface area (Å²) < 4.78 is 83.6. The van der Waals surface area contributed by atoms with Crippen molar-refractivity contribution in [2.45, 2.75) is 75.5 Å². The van der Waals surface area contributed by atoms with Crippen molar-refractivity contribution in [2.24, 2.45) is 5.92 Å². The molecule has 2 saturated heterocycles. The molecule has 0 saturated carbocycles. The molecule has 14 heteroatoms. The predicted octanol–water partition coefficient (Wildman–Crippen LogP) is 4.51. The van der Waals surface area contributed by atoms with Gasteiger partial charge in [0.15, 0.2) is 0 Å². The molecule has 2 aromatic rings. The number of alkyl halides is 4. The van der Waals surface area contributed by atoms with Crippen LogP contribution in [0, 0.1) is 5.92 Å². The van der Waals surface area contributed by atoms with Crippen LogP contribution in [0.15, 0.2) is 23.1 Å². The Morgan fingerprint density at radius 1 is 1.05 bits per heavy atom. The van der Waals surface area contributed by atoms with Gasteiger partial charge in [-0.3, -0.25) is 4.68 Å². The molecule has 1 atom stereocenters. The van der Waals surface area contributed by atoms with Gasteiger partial charge in [-0.1, -0.05) is 13.0 Å². The first-order chi connectivity index (χ1) is 20.8. The highest BCUT2D eigenvalue weighted by molar-refractivity contribution is 7.99. The number of aliphatic hydroxyl groups is 1. The average Bonchev–Trinajstić information content (AvgIpc) is 3.31. The monoisotopic (exact) mass is 661 g/mol. The van der Waals surface area contributed by atoms with Gasteiger partial charge in [0.2, 0.25) is 10.0 Å². The van der Waals surface area contributed by atoms with Crippen LogP contribution in [0.5, 0.6) is 0 Å². The number of thioether (sulfide) groups is 1. The number of hydrogen-bond donors (Lipinski definition) is 1. The van der Waals surface area contributed by atoms with Gasteiger partial charge in [-0.15, -0.1) is 11.8 Å². The van der Waals surface area contributed by atoms with Gasteiger partial charge in [-0.05, 0) is 56.8 Å². The molecule has 5 rings (SSSR count). The van der Waals surface area contributed by atoms with E-state index in [4.69, 9.17) is 5.10 Å². The molecule has 3 aliphatic rings. The fraction of sp³-hybridized carbons (Fsp3) is 0.700. The lowest BCUT2D eigenvalue weighted by molar-refractivity contribution is -0.139. The zero-order chi connectivity index (χ0) is 31.6. The van der Waals surface area contributed by atoms with E-state index in [1.807, 2.05) is 0 Å². The number of halogens is 4. The number of likely N-dealkylation sites (tertiary alicyclic amines) is 2. The summed E-state index contributed by atoms with van der Waals surface area (Å²) in [6, 6.07) is 3.97. The van der Waals surface area contributed by atoms with Crippen molar-refractivity contribution in [3.8, 4) is 11.3 Å². The molecule has 1 unspecified atom stereocenters. The molecular weight excluding hydrogens is 618 g/mol. The molecule has 0 amide bonds. The van der Waals surface area contributed by atoms with E-state index in [9.17, 15) is 31.1 Å². The minimum Gasteiger partial charge on any atom is -0.390 e. The van der Waals surface area contributed by atoms with E-state index in [-0.39, 0.29) is 24.5 Å². The zero-order valence-electron chi connectivity index (χ0n) is 25.4. The zero-order valence-corrected chi connectivity index (χ0v) is 27.0. The number of aromatic nitrogens is 2.